The van der Waals surface area contributed by atoms with Gasteiger partial charge in [0.05, 0.1) is 31.6 Å². The topological polar surface area (TPSA) is 188 Å². The number of aliphatic carboxylic acids is 1. The van der Waals surface area contributed by atoms with E-state index in [0.717, 1.165) is 0 Å². The van der Waals surface area contributed by atoms with Gasteiger partial charge in [-0.15, -0.1) is 6.58 Å². The van der Waals surface area contributed by atoms with Crippen LogP contribution in [-0.4, -0.2) is 98.6 Å². The molecule has 2 aliphatic heterocycles. The standard InChI is InChI=1S/C25H31NO11/c1-3-14-16(8-20(29)30)15(23(33)34-2)4-5-18(14)36-25(12-28)22(32)21(31)24(19(10-27)37-25)9-13-6-7-26-17(13)11-35-24/h3-4,6-7,9,11,14,16,18-19,21-22,26-28,31-32H,1,5,8,10,12H2,2H3,(H,29,30)/t14-,16+,18-,19-,21-,22-,24-,25-/m1/s1. The molecule has 12 nitrogen and oxygen atoms in total. The predicted octanol–water partition coefficient (Wildman–Crippen LogP) is -2.11. The molecule has 202 valence electrons. The van der Waals surface area contributed by atoms with E-state index in [1.807, 2.05) is 0 Å². The highest BCUT2D eigenvalue weighted by Crippen LogP contribution is 2.44. The van der Waals surface area contributed by atoms with Gasteiger partial charge in [-0.25, -0.2) is 4.79 Å². The fraction of sp³-hybridized carbons (Fsp3) is 0.520. The summed E-state index contributed by atoms with van der Waals surface area (Å²) in [5, 5.41) is 53.8. The molecule has 8 atom stereocenters. The summed E-state index contributed by atoms with van der Waals surface area (Å²) in [4.78, 5) is 26.8. The molecule has 0 saturated carbocycles. The van der Waals surface area contributed by atoms with E-state index in [-0.39, 0.29) is 12.0 Å². The molecule has 0 unspecified atom stereocenters. The first-order chi connectivity index (χ1) is 17.7. The molecule has 1 spiro atoms. The van der Waals surface area contributed by atoms with E-state index >= 15 is 0 Å². The molecular weight excluding hydrogens is 490 g/mol. The molecular formula is C25H31NO11. The largest absolute Gasteiger partial charge is 0.483 e. The molecule has 0 amide bonds. The summed E-state index contributed by atoms with van der Waals surface area (Å²) in [6, 6.07) is 1.72. The average molecular weight is 522 g/mol. The van der Waals surface area contributed by atoms with Crippen molar-refractivity contribution in [3.05, 3.63) is 47.1 Å². The van der Waals surface area contributed by atoms with E-state index in [1.165, 1.54) is 31.6 Å². The Morgan fingerprint density at radius 3 is 2.68 bits per heavy atom. The second-order valence-corrected chi connectivity index (χ2v) is 9.29. The molecule has 4 rings (SSSR count). The van der Waals surface area contributed by atoms with E-state index in [2.05, 4.69) is 11.6 Å². The highest BCUT2D eigenvalue weighted by atomic mass is 16.7. The van der Waals surface area contributed by atoms with Gasteiger partial charge in [-0.2, -0.15) is 0 Å². The van der Waals surface area contributed by atoms with Crippen LogP contribution >= 0.6 is 0 Å². The van der Waals surface area contributed by atoms with Gasteiger partial charge in [0.2, 0.25) is 5.79 Å². The number of ether oxygens (including phenoxy) is 4. The highest BCUT2D eigenvalue weighted by molar-refractivity contribution is 5.90. The molecule has 12 heteroatoms. The lowest BCUT2D eigenvalue weighted by Gasteiger charge is -2.54. The molecule has 37 heavy (non-hydrogen) atoms. The number of hydrogen-bond donors (Lipinski definition) is 6. The van der Waals surface area contributed by atoms with Crippen LogP contribution in [0.15, 0.2) is 36.6 Å². The third-order valence-corrected chi connectivity index (χ3v) is 7.32. The van der Waals surface area contributed by atoms with Crippen molar-refractivity contribution in [2.75, 3.05) is 20.3 Å². The van der Waals surface area contributed by atoms with Crippen LogP contribution in [0, 0.1) is 11.8 Å². The third-order valence-electron chi connectivity index (χ3n) is 7.32. The molecule has 0 aromatic carbocycles. The average Bonchev–Trinajstić information content (AvgIpc) is 3.36. The Morgan fingerprint density at radius 1 is 1.30 bits per heavy atom. The molecule has 1 aromatic rings. The number of carbonyl (C=O) groups excluding carboxylic acids is 1. The monoisotopic (exact) mass is 521 g/mol. The lowest BCUT2D eigenvalue weighted by atomic mass is 9.74. The van der Waals surface area contributed by atoms with Crippen molar-refractivity contribution in [2.24, 2.45) is 11.8 Å². The second kappa shape index (κ2) is 10.4. The van der Waals surface area contributed by atoms with Crippen molar-refractivity contribution in [2.45, 2.75) is 48.6 Å². The summed E-state index contributed by atoms with van der Waals surface area (Å²) in [5.41, 5.74) is -1.55. The summed E-state index contributed by atoms with van der Waals surface area (Å²) in [6.45, 7) is 2.18. The van der Waals surface area contributed by atoms with E-state index in [0.29, 0.717) is 10.6 Å². The van der Waals surface area contributed by atoms with Crippen molar-refractivity contribution in [1.29, 1.82) is 0 Å². The molecule has 1 fully saturated rings. The number of esters is 1. The Kier molecular flexibility index (Phi) is 7.60. The Balaban J connectivity index is 1.68. The summed E-state index contributed by atoms with van der Waals surface area (Å²) in [7, 11) is 1.18. The van der Waals surface area contributed by atoms with Gasteiger partial charge in [0.15, 0.2) is 5.60 Å². The van der Waals surface area contributed by atoms with Gasteiger partial charge in [0, 0.05) is 28.8 Å². The predicted molar refractivity (Wildman–Crippen MR) is 126 cm³/mol. The lowest BCUT2D eigenvalue weighted by molar-refractivity contribution is -0.394. The SMILES string of the molecule is C=C[C@@H]1[C@H](CC(=O)O)C(C(=O)OC)=CC[C@H]1O[C@]1(CO)O[C@H](CO)[C@]2(C=c3cc[nH]c3=CO2)[C@H](O)[C@H]1O. The molecule has 1 aliphatic carbocycles. The minimum atomic E-state index is -2.22. The number of nitrogens with one attached hydrogen (secondary N) is 1. The smallest absolute Gasteiger partial charge is 0.333 e. The maximum atomic E-state index is 12.3. The zero-order valence-electron chi connectivity index (χ0n) is 20.1. The van der Waals surface area contributed by atoms with Gasteiger partial charge < -0.3 is 49.5 Å². The van der Waals surface area contributed by atoms with Crippen molar-refractivity contribution in [3.8, 4) is 0 Å². The molecule has 0 radical (unpaired) electrons. The van der Waals surface area contributed by atoms with Gasteiger partial charge in [-0.3, -0.25) is 4.79 Å². The molecule has 6 N–H and O–H groups in total. The minimum absolute atomic E-state index is 0.0587. The number of rotatable bonds is 8. The van der Waals surface area contributed by atoms with E-state index in [1.54, 1.807) is 12.3 Å². The number of aliphatic hydroxyl groups excluding tert-OH is 4. The highest BCUT2D eigenvalue weighted by Gasteiger charge is 2.63. The van der Waals surface area contributed by atoms with E-state index in [9.17, 15) is 35.1 Å². The number of carboxylic acids is 1. The molecule has 0 bridgehead atoms. The van der Waals surface area contributed by atoms with Crippen LogP contribution < -0.4 is 10.6 Å². The van der Waals surface area contributed by atoms with Crippen LogP contribution in [0.4, 0.5) is 0 Å². The van der Waals surface area contributed by atoms with E-state index in [4.69, 9.17) is 18.9 Å². The summed E-state index contributed by atoms with van der Waals surface area (Å²) in [5.74, 6) is -5.71. The van der Waals surface area contributed by atoms with Crippen LogP contribution in [0.25, 0.3) is 12.3 Å². The van der Waals surface area contributed by atoms with Crippen molar-refractivity contribution in [3.63, 3.8) is 0 Å². The maximum absolute atomic E-state index is 12.3. The number of aromatic amines is 1. The second-order valence-electron chi connectivity index (χ2n) is 9.29. The number of aromatic nitrogens is 1. The first-order valence-corrected chi connectivity index (χ1v) is 11.8. The van der Waals surface area contributed by atoms with Gasteiger partial charge >= 0.3 is 11.9 Å². The number of methoxy groups -OCH3 is 1. The van der Waals surface area contributed by atoms with Gasteiger partial charge in [0.1, 0.15) is 31.2 Å². The van der Waals surface area contributed by atoms with Gasteiger partial charge in [0.25, 0.3) is 0 Å². The Labute approximate surface area is 211 Å². The first-order valence-electron chi connectivity index (χ1n) is 11.8. The Bertz CT molecular complexity index is 1190. The fourth-order valence-electron chi connectivity index (χ4n) is 5.41. The number of H-pyrrole nitrogens is 1. The summed E-state index contributed by atoms with van der Waals surface area (Å²) >= 11 is 0. The number of carbonyl (C=O) groups is 2. The van der Waals surface area contributed by atoms with Crippen molar-refractivity contribution < 1.29 is 54.1 Å². The van der Waals surface area contributed by atoms with Crippen LogP contribution in [0.3, 0.4) is 0 Å². The number of aliphatic hydroxyl groups is 4. The maximum Gasteiger partial charge on any atom is 0.333 e. The van der Waals surface area contributed by atoms with Crippen molar-refractivity contribution in [1.82, 2.24) is 4.98 Å². The molecule has 1 saturated heterocycles. The van der Waals surface area contributed by atoms with Crippen LogP contribution in [0.5, 0.6) is 0 Å². The van der Waals surface area contributed by atoms with Crippen molar-refractivity contribution >= 4 is 24.3 Å². The summed E-state index contributed by atoms with van der Waals surface area (Å²) in [6.07, 6.45) is 1.28. The number of fused-ring (bicyclic) bond motifs is 1. The summed E-state index contributed by atoms with van der Waals surface area (Å²) < 4.78 is 22.6. The van der Waals surface area contributed by atoms with Gasteiger partial charge in [-0.1, -0.05) is 12.2 Å². The molecule has 3 aliphatic rings. The first kappa shape index (κ1) is 27.0. The van der Waals surface area contributed by atoms with Gasteiger partial charge in [-0.05, 0) is 18.6 Å². The lowest BCUT2D eigenvalue weighted by Crippen LogP contribution is -2.74. The third kappa shape index (κ3) is 4.49. The van der Waals surface area contributed by atoms with E-state index < -0.39 is 79.2 Å². The minimum Gasteiger partial charge on any atom is -0.483 e. The zero-order valence-corrected chi connectivity index (χ0v) is 20.1. The zero-order chi connectivity index (χ0) is 27.0. The normalized spacial score (nSPS) is 36.8. The van der Waals surface area contributed by atoms with Crippen LogP contribution in [0.1, 0.15) is 12.8 Å². The fourth-order valence-corrected chi connectivity index (χ4v) is 5.41. The Morgan fingerprint density at radius 2 is 2.05 bits per heavy atom. The van der Waals surface area contributed by atoms with Crippen LogP contribution in [0.2, 0.25) is 0 Å². The van der Waals surface area contributed by atoms with Crippen LogP contribution in [-0.2, 0) is 28.5 Å². The molecule has 3 heterocycles. The quantitative estimate of drug-likeness (QED) is 0.162. The number of carboxylic acid groups (broad SMARTS) is 1. The Hall–Kier alpha value is -3.00. The number of hydrogen-bond acceptors (Lipinski definition) is 10. The molecule has 1 aromatic heterocycles.